The minimum atomic E-state index is -0.0514. The molecule has 0 aromatic carbocycles. The molecule has 2 saturated carbocycles. The van der Waals surface area contributed by atoms with Crippen LogP contribution < -0.4 is 10.6 Å². The first kappa shape index (κ1) is 13.9. The Morgan fingerprint density at radius 1 is 1.17 bits per heavy atom. The Hall–Kier alpha value is -0.570. The Morgan fingerprint density at radius 2 is 1.83 bits per heavy atom. The van der Waals surface area contributed by atoms with Crippen LogP contribution in [0, 0.1) is 5.41 Å². The summed E-state index contributed by atoms with van der Waals surface area (Å²) in [6.07, 6.45) is 8.51. The van der Waals surface area contributed by atoms with Crippen LogP contribution in [0.15, 0.2) is 0 Å². The highest BCUT2D eigenvalue weighted by molar-refractivity contribution is 5.81. The molecular weight excluding hydrogens is 224 g/mol. The molecule has 0 aliphatic heterocycles. The Balaban J connectivity index is 1.73. The molecule has 1 amide bonds. The van der Waals surface area contributed by atoms with Crippen molar-refractivity contribution in [2.75, 3.05) is 0 Å². The number of hydrogen-bond acceptors (Lipinski definition) is 2. The van der Waals surface area contributed by atoms with Gasteiger partial charge in [-0.25, -0.2) is 0 Å². The lowest BCUT2D eigenvalue weighted by molar-refractivity contribution is -0.123. The summed E-state index contributed by atoms with van der Waals surface area (Å²) in [5.74, 6) is 0.187. The van der Waals surface area contributed by atoms with Gasteiger partial charge in [-0.05, 0) is 44.4 Å². The normalized spacial score (nSPS) is 29.4. The second kappa shape index (κ2) is 5.60. The maximum atomic E-state index is 12.1. The van der Waals surface area contributed by atoms with E-state index >= 15 is 0 Å². The highest BCUT2D eigenvalue weighted by Gasteiger charge is 2.32. The van der Waals surface area contributed by atoms with Gasteiger partial charge in [0.2, 0.25) is 5.91 Å². The van der Waals surface area contributed by atoms with E-state index in [2.05, 4.69) is 24.5 Å². The summed E-state index contributed by atoms with van der Waals surface area (Å²) in [6.45, 7) is 6.63. The summed E-state index contributed by atoms with van der Waals surface area (Å²) < 4.78 is 0. The number of carbonyl (C=O) groups excluding carboxylic acids is 1. The number of hydrogen-bond donors (Lipinski definition) is 2. The molecule has 104 valence electrons. The van der Waals surface area contributed by atoms with Crippen molar-refractivity contribution >= 4 is 5.91 Å². The van der Waals surface area contributed by atoms with Crippen LogP contribution in [0.5, 0.6) is 0 Å². The molecule has 0 bridgehead atoms. The van der Waals surface area contributed by atoms with Crippen molar-refractivity contribution in [2.24, 2.45) is 5.41 Å². The van der Waals surface area contributed by atoms with Gasteiger partial charge in [0.15, 0.2) is 0 Å². The monoisotopic (exact) mass is 252 g/mol. The second-order valence-electron chi connectivity index (χ2n) is 6.98. The summed E-state index contributed by atoms with van der Waals surface area (Å²) in [5, 5.41) is 6.67. The molecule has 2 aliphatic rings. The van der Waals surface area contributed by atoms with Gasteiger partial charge in [-0.15, -0.1) is 0 Å². The minimum absolute atomic E-state index is 0.0514. The molecule has 0 aromatic heterocycles. The lowest BCUT2D eigenvalue weighted by atomic mass is 9.92. The predicted octanol–water partition coefficient (Wildman–Crippen LogP) is 2.60. The van der Waals surface area contributed by atoms with Gasteiger partial charge >= 0.3 is 0 Å². The highest BCUT2D eigenvalue weighted by Crippen LogP contribution is 2.37. The largest absolute Gasteiger partial charge is 0.352 e. The summed E-state index contributed by atoms with van der Waals surface area (Å²) in [6, 6.07) is 0.899. The third-order valence-corrected chi connectivity index (χ3v) is 4.55. The van der Waals surface area contributed by atoms with Crippen LogP contribution >= 0.6 is 0 Å². The summed E-state index contributed by atoms with van der Waals surface area (Å²) in [5.41, 5.74) is 0.444. The van der Waals surface area contributed by atoms with E-state index in [4.69, 9.17) is 0 Å². The Bertz CT molecular complexity index is 295. The fraction of sp³-hybridized carbons (Fsp3) is 0.933. The topological polar surface area (TPSA) is 41.1 Å². The van der Waals surface area contributed by atoms with Crippen LogP contribution in [0.1, 0.15) is 65.7 Å². The zero-order chi connectivity index (χ0) is 13.2. The number of carbonyl (C=O) groups is 1. The quantitative estimate of drug-likeness (QED) is 0.807. The maximum Gasteiger partial charge on any atom is 0.237 e. The molecule has 18 heavy (non-hydrogen) atoms. The number of nitrogens with one attached hydrogen (secondary N) is 2. The van der Waals surface area contributed by atoms with Crippen molar-refractivity contribution in [1.82, 2.24) is 10.6 Å². The molecule has 2 atom stereocenters. The van der Waals surface area contributed by atoms with E-state index in [0.717, 1.165) is 12.8 Å². The van der Waals surface area contributed by atoms with Crippen molar-refractivity contribution in [3.05, 3.63) is 0 Å². The molecule has 2 rings (SSSR count). The number of amides is 1. The first-order chi connectivity index (χ1) is 8.46. The molecule has 3 nitrogen and oxygen atoms in total. The van der Waals surface area contributed by atoms with Gasteiger partial charge in [0.1, 0.15) is 0 Å². The highest BCUT2D eigenvalue weighted by atomic mass is 16.2. The molecule has 3 heteroatoms. The molecule has 0 radical (unpaired) electrons. The van der Waals surface area contributed by atoms with Gasteiger partial charge in [-0.2, -0.15) is 0 Å². The number of rotatable bonds is 4. The molecule has 2 fully saturated rings. The molecule has 2 N–H and O–H groups in total. The third kappa shape index (κ3) is 3.71. The summed E-state index contributed by atoms with van der Waals surface area (Å²) >= 11 is 0. The van der Waals surface area contributed by atoms with Gasteiger partial charge < -0.3 is 10.6 Å². The second-order valence-corrected chi connectivity index (χ2v) is 6.98. The molecular formula is C15H28N2O. The van der Waals surface area contributed by atoms with Crippen LogP contribution in [0.25, 0.3) is 0 Å². The summed E-state index contributed by atoms with van der Waals surface area (Å²) in [7, 11) is 0. The zero-order valence-corrected chi connectivity index (χ0v) is 12.1. The minimum Gasteiger partial charge on any atom is -0.352 e. The van der Waals surface area contributed by atoms with Crippen molar-refractivity contribution in [3.8, 4) is 0 Å². The Kier molecular flexibility index (Phi) is 4.31. The molecule has 2 unspecified atom stereocenters. The van der Waals surface area contributed by atoms with Crippen LogP contribution in [-0.4, -0.2) is 24.0 Å². The fourth-order valence-corrected chi connectivity index (χ4v) is 3.40. The third-order valence-electron chi connectivity index (χ3n) is 4.55. The van der Waals surface area contributed by atoms with Gasteiger partial charge in [-0.3, -0.25) is 4.79 Å². The van der Waals surface area contributed by atoms with Gasteiger partial charge in [0, 0.05) is 12.1 Å². The standard InChI is InChI=1S/C15H28N2O/c1-11(14(18)17-12-6-4-5-7-12)16-13-8-9-15(2,3)10-13/h11-13,16H,4-10H2,1-3H3,(H,17,18). The first-order valence-corrected chi connectivity index (χ1v) is 7.53. The average molecular weight is 252 g/mol. The smallest absolute Gasteiger partial charge is 0.237 e. The fourth-order valence-electron chi connectivity index (χ4n) is 3.40. The Labute approximate surface area is 111 Å². The van der Waals surface area contributed by atoms with Crippen molar-refractivity contribution in [1.29, 1.82) is 0 Å². The first-order valence-electron chi connectivity index (χ1n) is 7.53. The zero-order valence-electron chi connectivity index (χ0n) is 12.1. The van der Waals surface area contributed by atoms with Crippen molar-refractivity contribution < 1.29 is 4.79 Å². The van der Waals surface area contributed by atoms with Crippen LogP contribution in [-0.2, 0) is 4.79 Å². The van der Waals surface area contributed by atoms with E-state index in [1.165, 1.54) is 32.1 Å². The molecule has 0 aromatic rings. The lowest BCUT2D eigenvalue weighted by Gasteiger charge is -2.22. The van der Waals surface area contributed by atoms with E-state index in [0.29, 0.717) is 17.5 Å². The van der Waals surface area contributed by atoms with E-state index in [1.54, 1.807) is 0 Å². The lowest BCUT2D eigenvalue weighted by Crippen LogP contribution is -2.48. The molecule has 0 saturated heterocycles. The van der Waals surface area contributed by atoms with Gasteiger partial charge in [-0.1, -0.05) is 26.7 Å². The van der Waals surface area contributed by atoms with E-state index in [1.807, 2.05) is 6.92 Å². The van der Waals surface area contributed by atoms with Crippen LogP contribution in [0.2, 0.25) is 0 Å². The van der Waals surface area contributed by atoms with Crippen LogP contribution in [0.4, 0.5) is 0 Å². The van der Waals surface area contributed by atoms with Crippen LogP contribution in [0.3, 0.4) is 0 Å². The van der Waals surface area contributed by atoms with E-state index in [9.17, 15) is 4.79 Å². The van der Waals surface area contributed by atoms with E-state index in [-0.39, 0.29) is 11.9 Å². The van der Waals surface area contributed by atoms with Crippen molar-refractivity contribution in [2.45, 2.75) is 83.8 Å². The van der Waals surface area contributed by atoms with E-state index < -0.39 is 0 Å². The van der Waals surface area contributed by atoms with Gasteiger partial charge in [0.25, 0.3) is 0 Å². The average Bonchev–Trinajstić information content (AvgIpc) is 2.88. The molecule has 2 aliphatic carbocycles. The Morgan fingerprint density at radius 3 is 2.39 bits per heavy atom. The van der Waals surface area contributed by atoms with Gasteiger partial charge in [0.05, 0.1) is 6.04 Å². The predicted molar refractivity (Wildman–Crippen MR) is 74.4 cm³/mol. The van der Waals surface area contributed by atoms with Crippen molar-refractivity contribution in [3.63, 3.8) is 0 Å². The molecule has 0 heterocycles. The molecule has 0 spiro atoms. The maximum absolute atomic E-state index is 12.1. The SMILES string of the molecule is CC(NC1CCC(C)(C)C1)C(=O)NC1CCCC1. The summed E-state index contributed by atoms with van der Waals surface area (Å²) in [4.78, 5) is 12.1.